The summed E-state index contributed by atoms with van der Waals surface area (Å²) in [6.07, 6.45) is 12.5. The maximum Gasteiger partial charge on any atom is 0.223 e. The van der Waals surface area contributed by atoms with Crippen molar-refractivity contribution < 1.29 is 4.79 Å². The third-order valence-electron chi connectivity index (χ3n) is 6.05. The average molecular weight is 249 g/mol. The van der Waals surface area contributed by atoms with Crippen molar-refractivity contribution in [3.8, 4) is 0 Å². The minimum absolute atomic E-state index is 0.314. The SMILES string of the molecule is CNC(=O)C1CCC2CC3CCCCCC3CC21. The van der Waals surface area contributed by atoms with E-state index in [0.717, 1.165) is 24.2 Å². The van der Waals surface area contributed by atoms with Crippen LogP contribution in [0.3, 0.4) is 0 Å². The van der Waals surface area contributed by atoms with Crippen LogP contribution in [0.5, 0.6) is 0 Å². The number of fused-ring (bicyclic) bond motifs is 2. The van der Waals surface area contributed by atoms with Gasteiger partial charge in [0.2, 0.25) is 5.91 Å². The first kappa shape index (κ1) is 12.5. The van der Waals surface area contributed by atoms with Gasteiger partial charge in [0.05, 0.1) is 0 Å². The lowest BCUT2D eigenvalue weighted by Crippen LogP contribution is -2.36. The highest BCUT2D eigenvalue weighted by molar-refractivity contribution is 5.79. The second-order valence-electron chi connectivity index (χ2n) is 6.85. The average Bonchev–Trinajstić information content (AvgIpc) is 2.65. The molecule has 0 aromatic carbocycles. The first-order valence-corrected chi connectivity index (χ1v) is 8.01. The maximum atomic E-state index is 12.0. The smallest absolute Gasteiger partial charge is 0.223 e. The number of carbonyl (C=O) groups excluding carboxylic acids is 1. The van der Waals surface area contributed by atoms with Gasteiger partial charge in [0, 0.05) is 13.0 Å². The van der Waals surface area contributed by atoms with Gasteiger partial charge in [0.1, 0.15) is 0 Å². The largest absolute Gasteiger partial charge is 0.359 e. The van der Waals surface area contributed by atoms with Crippen LogP contribution in [0.15, 0.2) is 0 Å². The molecule has 0 aliphatic heterocycles. The van der Waals surface area contributed by atoms with E-state index in [0.29, 0.717) is 17.7 Å². The second-order valence-corrected chi connectivity index (χ2v) is 6.85. The first-order chi connectivity index (χ1) is 8.79. The summed E-state index contributed by atoms with van der Waals surface area (Å²) in [6.45, 7) is 0. The Balaban J connectivity index is 1.71. The Bertz CT molecular complexity index is 314. The van der Waals surface area contributed by atoms with Crippen LogP contribution < -0.4 is 5.32 Å². The number of carbonyl (C=O) groups is 1. The topological polar surface area (TPSA) is 29.1 Å². The molecule has 5 unspecified atom stereocenters. The molecule has 0 aromatic heterocycles. The van der Waals surface area contributed by atoms with Crippen molar-refractivity contribution in [2.24, 2.45) is 29.6 Å². The third-order valence-corrected chi connectivity index (χ3v) is 6.05. The number of hydrogen-bond donors (Lipinski definition) is 1. The Kier molecular flexibility index (Phi) is 3.63. The summed E-state index contributed by atoms with van der Waals surface area (Å²) in [5.74, 6) is 4.17. The van der Waals surface area contributed by atoms with E-state index in [1.54, 1.807) is 7.05 Å². The molecule has 0 bridgehead atoms. The molecule has 3 fully saturated rings. The summed E-state index contributed by atoms with van der Waals surface area (Å²) in [6, 6.07) is 0. The molecule has 2 nitrogen and oxygen atoms in total. The lowest BCUT2D eigenvalue weighted by Gasteiger charge is -2.39. The van der Waals surface area contributed by atoms with E-state index in [9.17, 15) is 4.79 Å². The van der Waals surface area contributed by atoms with Crippen LogP contribution in [0.4, 0.5) is 0 Å². The molecular formula is C16H27NO. The molecule has 1 N–H and O–H groups in total. The summed E-state index contributed by atoms with van der Waals surface area (Å²) >= 11 is 0. The Morgan fingerprint density at radius 2 is 1.61 bits per heavy atom. The van der Waals surface area contributed by atoms with Gasteiger partial charge in [0.25, 0.3) is 0 Å². The van der Waals surface area contributed by atoms with E-state index in [1.165, 1.54) is 51.4 Å². The highest BCUT2D eigenvalue weighted by Crippen LogP contribution is 2.52. The van der Waals surface area contributed by atoms with E-state index in [1.807, 2.05) is 0 Å². The van der Waals surface area contributed by atoms with Gasteiger partial charge in [-0.1, -0.05) is 32.1 Å². The van der Waals surface area contributed by atoms with Crippen LogP contribution in [-0.2, 0) is 4.79 Å². The van der Waals surface area contributed by atoms with Gasteiger partial charge in [0.15, 0.2) is 0 Å². The van der Waals surface area contributed by atoms with Crippen molar-refractivity contribution >= 4 is 5.91 Å². The van der Waals surface area contributed by atoms with Crippen molar-refractivity contribution in [3.05, 3.63) is 0 Å². The zero-order chi connectivity index (χ0) is 12.5. The van der Waals surface area contributed by atoms with Gasteiger partial charge in [-0.3, -0.25) is 4.79 Å². The molecule has 3 aliphatic rings. The van der Waals surface area contributed by atoms with Crippen LogP contribution in [0.1, 0.15) is 57.8 Å². The van der Waals surface area contributed by atoms with Gasteiger partial charge in [-0.15, -0.1) is 0 Å². The number of hydrogen-bond acceptors (Lipinski definition) is 1. The van der Waals surface area contributed by atoms with Crippen molar-refractivity contribution in [1.29, 1.82) is 0 Å². The predicted molar refractivity (Wildman–Crippen MR) is 73.1 cm³/mol. The van der Waals surface area contributed by atoms with E-state index in [2.05, 4.69) is 5.32 Å². The summed E-state index contributed by atoms with van der Waals surface area (Å²) < 4.78 is 0. The Morgan fingerprint density at radius 3 is 2.33 bits per heavy atom. The molecule has 0 radical (unpaired) electrons. The summed E-state index contributed by atoms with van der Waals surface area (Å²) in [4.78, 5) is 12.0. The van der Waals surface area contributed by atoms with Crippen LogP contribution in [0.2, 0.25) is 0 Å². The molecule has 18 heavy (non-hydrogen) atoms. The number of nitrogens with one attached hydrogen (secondary N) is 1. The zero-order valence-corrected chi connectivity index (χ0v) is 11.7. The molecule has 0 spiro atoms. The number of rotatable bonds is 1. The fraction of sp³-hybridized carbons (Fsp3) is 0.938. The highest BCUT2D eigenvalue weighted by atomic mass is 16.1. The second kappa shape index (κ2) is 5.22. The zero-order valence-electron chi connectivity index (χ0n) is 11.7. The standard InChI is InChI=1S/C16H27NO/c1-17-16(18)14-8-7-13-9-11-5-3-2-4-6-12(11)10-15(13)14/h11-15H,2-10H2,1H3,(H,17,18). The molecule has 0 heterocycles. The highest BCUT2D eigenvalue weighted by Gasteiger charge is 2.46. The van der Waals surface area contributed by atoms with Crippen molar-refractivity contribution in [1.82, 2.24) is 5.32 Å². The Labute approximate surface area is 111 Å². The molecule has 102 valence electrons. The van der Waals surface area contributed by atoms with Crippen molar-refractivity contribution in [2.45, 2.75) is 57.8 Å². The van der Waals surface area contributed by atoms with E-state index < -0.39 is 0 Å². The molecule has 5 atom stereocenters. The molecule has 1 amide bonds. The lowest BCUT2D eigenvalue weighted by atomic mass is 9.66. The Morgan fingerprint density at radius 1 is 0.889 bits per heavy atom. The van der Waals surface area contributed by atoms with Crippen LogP contribution in [-0.4, -0.2) is 13.0 Å². The summed E-state index contributed by atoms with van der Waals surface area (Å²) in [5, 5.41) is 2.89. The molecular weight excluding hydrogens is 222 g/mol. The van der Waals surface area contributed by atoms with Crippen molar-refractivity contribution in [2.75, 3.05) is 7.05 Å². The van der Waals surface area contributed by atoms with Crippen LogP contribution in [0.25, 0.3) is 0 Å². The van der Waals surface area contributed by atoms with Gasteiger partial charge in [-0.2, -0.15) is 0 Å². The summed E-state index contributed by atoms with van der Waals surface area (Å²) in [7, 11) is 1.80. The van der Waals surface area contributed by atoms with Gasteiger partial charge >= 0.3 is 0 Å². The normalized spacial score (nSPS) is 43.7. The van der Waals surface area contributed by atoms with E-state index >= 15 is 0 Å². The minimum Gasteiger partial charge on any atom is -0.359 e. The summed E-state index contributed by atoms with van der Waals surface area (Å²) in [5.41, 5.74) is 0. The van der Waals surface area contributed by atoms with Gasteiger partial charge < -0.3 is 5.32 Å². The monoisotopic (exact) mass is 249 g/mol. The van der Waals surface area contributed by atoms with Gasteiger partial charge in [-0.25, -0.2) is 0 Å². The Hall–Kier alpha value is -0.530. The van der Waals surface area contributed by atoms with Gasteiger partial charge in [-0.05, 0) is 49.4 Å². The fourth-order valence-electron chi connectivity index (χ4n) is 5.13. The predicted octanol–water partition coefficient (Wildman–Crippen LogP) is 3.37. The molecule has 3 saturated carbocycles. The minimum atomic E-state index is 0.314. The van der Waals surface area contributed by atoms with Crippen molar-refractivity contribution in [3.63, 3.8) is 0 Å². The molecule has 2 heteroatoms. The molecule has 0 aromatic rings. The van der Waals surface area contributed by atoms with Crippen LogP contribution in [0, 0.1) is 29.6 Å². The lowest BCUT2D eigenvalue weighted by molar-refractivity contribution is -0.126. The van der Waals surface area contributed by atoms with E-state index in [-0.39, 0.29) is 0 Å². The molecule has 3 rings (SSSR count). The molecule has 0 saturated heterocycles. The quantitative estimate of drug-likeness (QED) is 0.758. The first-order valence-electron chi connectivity index (χ1n) is 8.01. The molecule has 3 aliphatic carbocycles. The fourth-order valence-corrected chi connectivity index (χ4v) is 5.13. The maximum absolute atomic E-state index is 12.0. The van der Waals surface area contributed by atoms with Crippen LogP contribution >= 0.6 is 0 Å². The third kappa shape index (κ3) is 2.19. The number of amides is 1. The van der Waals surface area contributed by atoms with E-state index in [4.69, 9.17) is 0 Å².